The van der Waals surface area contributed by atoms with E-state index in [1.807, 2.05) is 24.3 Å². The van der Waals surface area contributed by atoms with E-state index in [9.17, 15) is 14.4 Å². The van der Waals surface area contributed by atoms with Crippen LogP contribution in [-0.2, 0) is 9.53 Å². The molecule has 4 rings (SSSR count). The largest absolute Gasteiger partial charge is 0.376 e. The monoisotopic (exact) mass is 352 g/mol. The van der Waals surface area contributed by atoms with E-state index in [-0.39, 0.29) is 36.8 Å². The number of carbonyl (C=O) groups is 3. The molecule has 26 heavy (non-hydrogen) atoms. The maximum Gasteiger partial charge on any atom is 0.261 e. The first kappa shape index (κ1) is 16.7. The second-order valence-corrected chi connectivity index (χ2v) is 6.66. The van der Waals surface area contributed by atoms with E-state index >= 15 is 0 Å². The fraction of sp³-hybridized carbons (Fsp3) is 0.350. The van der Waals surface area contributed by atoms with Gasteiger partial charge in [-0.2, -0.15) is 0 Å². The standard InChI is InChI=1S/C20H20N2O4/c23-17(21-12-14-6-3-11-26-14)9-10-22-19(24)15-7-1-4-13-5-2-8-16(18(13)15)20(22)25/h1-2,4-5,7-8,14H,3,6,9-12H2,(H,21,23)/t14-/m0/s1. The van der Waals surface area contributed by atoms with Crippen LogP contribution in [0.15, 0.2) is 36.4 Å². The van der Waals surface area contributed by atoms with Crippen LogP contribution in [0.5, 0.6) is 0 Å². The first-order valence-corrected chi connectivity index (χ1v) is 8.91. The second kappa shape index (κ2) is 6.88. The van der Waals surface area contributed by atoms with Gasteiger partial charge in [-0.1, -0.05) is 24.3 Å². The third-order valence-electron chi connectivity index (χ3n) is 4.97. The zero-order valence-corrected chi connectivity index (χ0v) is 14.4. The van der Waals surface area contributed by atoms with E-state index in [0.717, 1.165) is 24.8 Å². The molecule has 2 aliphatic rings. The van der Waals surface area contributed by atoms with E-state index in [1.165, 1.54) is 4.90 Å². The first-order chi connectivity index (χ1) is 12.6. The summed E-state index contributed by atoms with van der Waals surface area (Å²) < 4.78 is 5.47. The van der Waals surface area contributed by atoms with Gasteiger partial charge in [-0.3, -0.25) is 19.3 Å². The number of amides is 3. The van der Waals surface area contributed by atoms with E-state index in [2.05, 4.69) is 5.32 Å². The molecule has 0 spiro atoms. The maximum atomic E-state index is 12.7. The van der Waals surface area contributed by atoms with E-state index < -0.39 is 0 Å². The molecule has 6 nitrogen and oxygen atoms in total. The molecule has 2 aliphatic heterocycles. The summed E-state index contributed by atoms with van der Waals surface area (Å²) in [6.45, 7) is 1.28. The van der Waals surface area contributed by atoms with Crippen molar-refractivity contribution in [3.05, 3.63) is 47.5 Å². The van der Waals surface area contributed by atoms with E-state index in [1.54, 1.807) is 12.1 Å². The molecule has 0 saturated carbocycles. The van der Waals surface area contributed by atoms with Crippen LogP contribution in [0.25, 0.3) is 10.8 Å². The number of benzene rings is 2. The van der Waals surface area contributed by atoms with Crippen LogP contribution in [0.1, 0.15) is 40.0 Å². The van der Waals surface area contributed by atoms with Crippen molar-refractivity contribution in [2.24, 2.45) is 0 Å². The van der Waals surface area contributed by atoms with Crippen LogP contribution in [0.3, 0.4) is 0 Å². The summed E-state index contributed by atoms with van der Waals surface area (Å²) >= 11 is 0. The molecule has 2 aromatic rings. The van der Waals surface area contributed by atoms with Gasteiger partial charge in [-0.15, -0.1) is 0 Å². The van der Waals surface area contributed by atoms with Crippen molar-refractivity contribution in [1.29, 1.82) is 0 Å². The molecule has 134 valence electrons. The second-order valence-electron chi connectivity index (χ2n) is 6.66. The number of carbonyl (C=O) groups excluding carboxylic acids is 3. The molecular formula is C20H20N2O4. The van der Waals surface area contributed by atoms with Crippen molar-refractivity contribution < 1.29 is 19.1 Å². The molecule has 1 fully saturated rings. The molecular weight excluding hydrogens is 332 g/mol. The third kappa shape index (κ3) is 2.97. The van der Waals surface area contributed by atoms with E-state index in [4.69, 9.17) is 4.74 Å². The molecule has 0 radical (unpaired) electrons. The molecule has 1 saturated heterocycles. The molecule has 3 amide bonds. The summed E-state index contributed by atoms with van der Waals surface area (Å²) in [5, 5.41) is 4.39. The highest BCUT2D eigenvalue weighted by molar-refractivity contribution is 6.25. The number of nitrogens with zero attached hydrogens (tertiary/aromatic N) is 1. The Morgan fingerprint density at radius 2 is 1.81 bits per heavy atom. The lowest BCUT2D eigenvalue weighted by atomic mass is 9.94. The van der Waals surface area contributed by atoms with Gasteiger partial charge in [0.1, 0.15) is 0 Å². The van der Waals surface area contributed by atoms with Crippen molar-refractivity contribution in [2.45, 2.75) is 25.4 Å². The summed E-state index contributed by atoms with van der Waals surface area (Å²) in [7, 11) is 0. The summed E-state index contributed by atoms with van der Waals surface area (Å²) in [5.74, 6) is -0.865. The lowest BCUT2D eigenvalue weighted by Crippen LogP contribution is -2.42. The van der Waals surface area contributed by atoms with Gasteiger partial charge in [0.25, 0.3) is 11.8 Å². The predicted molar refractivity (Wildman–Crippen MR) is 95.9 cm³/mol. The summed E-state index contributed by atoms with van der Waals surface area (Å²) in [5.41, 5.74) is 1.02. The third-order valence-corrected chi connectivity index (χ3v) is 4.97. The van der Waals surface area contributed by atoms with Gasteiger partial charge >= 0.3 is 0 Å². The summed E-state index contributed by atoms with van der Waals surface area (Å²) in [6, 6.07) is 10.8. The predicted octanol–water partition coefficient (Wildman–Crippen LogP) is 2.12. The molecule has 0 aromatic heterocycles. The van der Waals surface area contributed by atoms with Gasteiger partial charge in [-0.05, 0) is 30.4 Å². The quantitative estimate of drug-likeness (QED) is 0.837. The average Bonchev–Trinajstić information content (AvgIpc) is 3.18. The minimum atomic E-state index is -0.341. The molecule has 0 bridgehead atoms. The number of ether oxygens (including phenoxy) is 1. The van der Waals surface area contributed by atoms with Crippen molar-refractivity contribution in [2.75, 3.05) is 19.7 Å². The molecule has 6 heteroatoms. The van der Waals surface area contributed by atoms with Gasteiger partial charge in [-0.25, -0.2) is 0 Å². The fourth-order valence-corrected chi connectivity index (χ4v) is 3.62. The van der Waals surface area contributed by atoms with Gasteiger partial charge < -0.3 is 10.1 Å². The molecule has 0 aliphatic carbocycles. The minimum Gasteiger partial charge on any atom is -0.376 e. The van der Waals surface area contributed by atoms with Crippen molar-refractivity contribution in [3.63, 3.8) is 0 Å². The lowest BCUT2D eigenvalue weighted by Gasteiger charge is -2.27. The van der Waals surface area contributed by atoms with Crippen LogP contribution >= 0.6 is 0 Å². The number of hydrogen-bond donors (Lipinski definition) is 1. The average molecular weight is 352 g/mol. The first-order valence-electron chi connectivity index (χ1n) is 8.91. The highest BCUT2D eigenvalue weighted by Crippen LogP contribution is 2.29. The van der Waals surface area contributed by atoms with Crippen molar-refractivity contribution in [1.82, 2.24) is 10.2 Å². The topological polar surface area (TPSA) is 75.7 Å². The number of rotatable bonds is 5. The SMILES string of the molecule is O=C(CCN1C(=O)c2cccc3cccc(c23)C1=O)NC[C@@H]1CCCO1. The highest BCUT2D eigenvalue weighted by Gasteiger charge is 2.32. The zero-order valence-electron chi connectivity index (χ0n) is 14.4. The van der Waals surface area contributed by atoms with Crippen LogP contribution in [-0.4, -0.2) is 48.4 Å². The van der Waals surface area contributed by atoms with Crippen LogP contribution in [0, 0.1) is 0 Å². The molecule has 1 N–H and O–H groups in total. The Labute approximate surface area is 151 Å². The highest BCUT2D eigenvalue weighted by atomic mass is 16.5. The summed E-state index contributed by atoms with van der Waals surface area (Å²) in [4.78, 5) is 38.7. The normalized spacial score (nSPS) is 19.2. The Balaban J connectivity index is 1.45. The van der Waals surface area contributed by atoms with Gasteiger partial charge in [0.05, 0.1) is 6.10 Å². The zero-order chi connectivity index (χ0) is 18.1. The Hall–Kier alpha value is -2.73. The molecule has 0 unspecified atom stereocenters. The fourth-order valence-electron chi connectivity index (χ4n) is 3.62. The van der Waals surface area contributed by atoms with Crippen molar-refractivity contribution in [3.8, 4) is 0 Å². The Morgan fingerprint density at radius 1 is 1.12 bits per heavy atom. The minimum absolute atomic E-state index is 0.0692. The van der Waals surface area contributed by atoms with Gasteiger partial charge in [0.2, 0.25) is 5.91 Å². The number of nitrogens with one attached hydrogen (secondary N) is 1. The number of imide groups is 1. The van der Waals surface area contributed by atoms with Crippen LogP contribution in [0.2, 0.25) is 0 Å². The van der Waals surface area contributed by atoms with Crippen LogP contribution in [0.4, 0.5) is 0 Å². The Kier molecular flexibility index (Phi) is 4.42. The van der Waals surface area contributed by atoms with Gasteiger partial charge in [0, 0.05) is 42.6 Å². The molecule has 2 aromatic carbocycles. The Bertz CT molecular complexity index is 836. The lowest BCUT2D eigenvalue weighted by molar-refractivity contribution is -0.121. The maximum absolute atomic E-state index is 12.7. The van der Waals surface area contributed by atoms with Crippen molar-refractivity contribution >= 4 is 28.5 Å². The summed E-state index contributed by atoms with van der Waals surface area (Å²) in [6.07, 6.45) is 2.12. The Morgan fingerprint density at radius 3 is 2.42 bits per heavy atom. The van der Waals surface area contributed by atoms with Gasteiger partial charge in [0.15, 0.2) is 0 Å². The molecule has 1 atom stereocenters. The van der Waals surface area contributed by atoms with Crippen LogP contribution < -0.4 is 5.32 Å². The van der Waals surface area contributed by atoms with E-state index in [0.29, 0.717) is 23.1 Å². The number of hydrogen-bond acceptors (Lipinski definition) is 4. The molecule has 2 heterocycles. The smallest absolute Gasteiger partial charge is 0.261 e.